The van der Waals surface area contributed by atoms with Crippen LogP contribution in [-0.2, 0) is 5.60 Å². The van der Waals surface area contributed by atoms with Gasteiger partial charge in [-0.1, -0.05) is 12.8 Å². The maximum absolute atomic E-state index is 10.7. The third kappa shape index (κ3) is 1.57. The average molecular weight is 235 g/mol. The highest BCUT2D eigenvalue weighted by atomic mass is 32.1. The summed E-state index contributed by atoms with van der Waals surface area (Å²) in [5, 5.41) is 20.2. The Morgan fingerprint density at radius 1 is 1.44 bits per heavy atom. The van der Waals surface area contributed by atoms with Gasteiger partial charge < -0.3 is 5.11 Å². The van der Waals surface area contributed by atoms with Crippen LogP contribution in [0.1, 0.15) is 42.4 Å². The van der Waals surface area contributed by atoms with E-state index >= 15 is 0 Å². The maximum Gasteiger partial charge on any atom is 0.114 e. The molecular weight excluding hydrogens is 218 g/mol. The molecule has 0 aliphatic heterocycles. The Hall–Kier alpha value is -0.850. The summed E-state index contributed by atoms with van der Waals surface area (Å²) >= 11 is 1.59. The Balaban J connectivity index is 2.41. The Kier molecular flexibility index (Phi) is 2.81. The number of hydrogen-bond donors (Lipinski definition) is 1. The lowest BCUT2D eigenvalue weighted by Crippen LogP contribution is -2.40. The van der Waals surface area contributed by atoms with Gasteiger partial charge in [0.2, 0.25) is 0 Å². The molecule has 1 aliphatic carbocycles. The second kappa shape index (κ2) is 3.87. The van der Waals surface area contributed by atoms with Crippen molar-refractivity contribution in [3.8, 4) is 6.07 Å². The minimum absolute atomic E-state index is 0.579. The number of nitriles is 1. The molecule has 0 aromatic carbocycles. The smallest absolute Gasteiger partial charge is 0.114 e. The minimum Gasteiger partial charge on any atom is -0.383 e. The van der Waals surface area contributed by atoms with Crippen LogP contribution in [0.3, 0.4) is 0 Å². The molecule has 1 N–H and O–H groups in total. The molecule has 1 unspecified atom stereocenters. The highest BCUT2D eigenvalue weighted by Crippen LogP contribution is 2.52. The van der Waals surface area contributed by atoms with E-state index in [2.05, 4.69) is 6.07 Å². The molecule has 16 heavy (non-hydrogen) atoms. The zero-order chi connectivity index (χ0) is 11.8. The molecule has 0 saturated heterocycles. The van der Waals surface area contributed by atoms with Crippen LogP contribution in [0.5, 0.6) is 0 Å². The number of hydrogen-bond acceptors (Lipinski definition) is 3. The fourth-order valence-electron chi connectivity index (χ4n) is 2.62. The van der Waals surface area contributed by atoms with Gasteiger partial charge in [-0.15, -0.1) is 11.3 Å². The van der Waals surface area contributed by atoms with E-state index in [4.69, 9.17) is 0 Å². The van der Waals surface area contributed by atoms with Crippen molar-refractivity contribution < 1.29 is 5.11 Å². The van der Waals surface area contributed by atoms with Gasteiger partial charge in [0.15, 0.2) is 0 Å². The molecule has 0 amide bonds. The van der Waals surface area contributed by atoms with Crippen LogP contribution in [0.15, 0.2) is 12.1 Å². The Morgan fingerprint density at radius 3 is 2.50 bits per heavy atom. The van der Waals surface area contributed by atoms with E-state index in [9.17, 15) is 10.4 Å². The van der Waals surface area contributed by atoms with Crippen molar-refractivity contribution in [1.82, 2.24) is 0 Å². The molecule has 1 aromatic rings. The molecule has 1 aliphatic rings. The van der Waals surface area contributed by atoms with Crippen molar-refractivity contribution in [3.63, 3.8) is 0 Å². The first kappa shape index (κ1) is 11.6. The largest absolute Gasteiger partial charge is 0.383 e. The van der Waals surface area contributed by atoms with Crippen molar-refractivity contribution in [2.24, 2.45) is 5.41 Å². The Bertz CT molecular complexity index is 421. The second-order valence-electron chi connectivity index (χ2n) is 4.88. The van der Waals surface area contributed by atoms with Gasteiger partial charge in [0.25, 0.3) is 0 Å². The van der Waals surface area contributed by atoms with Gasteiger partial charge in [-0.2, -0.15) is 5.26 Å². The predicted octanol–water partition coefficient (Wildman–Crippen LogP) is 3.35. The second-order valence-corrected chi connectivity index (χ2v) is 6.17. The topological polar surface area (TPSA) is 44.0 Å². The number of aryl methyl sites for hydroxylation is 1. The summed E-state index contributed by atoms with van der Waals surface area (Å²) in [6, 6.07) is 6.35. The average Bonchev–Trinajstić information content (AvgIpc) is 2.86. The predicted molar refractivity (Wildman–Crippen MR) is 65.1 cm³/mol. The standard InChI is InChI=1S/C13H17NOS/c1-10-5-6-11(16-10)12(2,15)13(9-14)7-3-4-8-13/h5-6,15H,3-4,7-8H2,1-2H3. The van der Waals surface area contributed by atoms with Gasteiger partial charge >= 0.3 is 0 Å². The summed E-state index contributed by atoms with van der Waals surface area (Å²) < 4.78 is 0. The van der Waals surface area contributed by atoms with E-state index in [0.717, 1.165) is 30.6 Å². The van der Waals surface area contributed by atoms with Gasteiger partial charge in [0, 0.05) is 9.75 Å². The van der Waals surface area contributed by atoms with Gasteiger partial charge in [-0.05, 0) is 38.8 Å². The van der Waals surface area contributed by atoms with E-state index in [0.29, 0.717) is 0 Å². The summed E-state index contributed by atoms with van der Waals surface area (Å²) in [5.41, 5.74) is -1.58. The van der Waals surface area contributed by atoms with E-state index in [1.807, 2.05) is 19.1 Å². The Morgan fingerprint density at radius 2 is 2.06 bits per heavy atom. The fraction of sp³-hybridized carbons (Fsp3) is 0.615. The number of rotatable bonds is 2. The van der Waals surface area contributed by atoms with Crippen LogP contribution < -0.4 is 0 Å². The van der Waals surface area contributed by atoms with Crippen LogP contribution >= 0.6 is 11.3 Å². The first-order chi connectivity index (χ1) is 7.52. The van der Waals surface area contributed by atoms with Crippen molar-refractivity contribution in [2.75, 3.05) is 0 Å². The lowest BCUT2D eigenvalue weighted by molar-refractivity contribution is -0.0390. The van der Waals surface area contributed by atoms with E-state index in [-0.39, 0.29) is 0 Å². The molecule has 1 atom stereocenters. The highest BCUT2D eigenvalue weighted by Gasteiger charge is 2.51. The van der Waals surface area contributed by atoms with Gasteiger partial charge in [-0.25, -0.2) is 0 Å². The first-order valence-corrected chi connectivity index (χ1v) is 6.54. The number of nitrogens with zero attached hydrogens (tertiary/aromatic N) is 1. The monoisotopic (exact) mass is 235 g/mol. The quantitative estimate of drug-likeness (QED) is 0.854. The molecule has 2 nitrogen and oxygen atoms in total. The van der Waals surface area contributed by atoms with Crippen LogP contribution in [0.4, 0.5) is 0 Å². The molecule has 1 heterocycles. The summed E-state index contributed by atoms with van der Waals surface area (Å²) in [6.07, 6.45) is 3.73. The highest BCUT2D eigenvalue weighted by molar-refractivity contribution is 7.12. The van der Waals surface area contributed by atoms with E-state index < -0.39 is 11.0 Å². The van der Waals surface area contributed by atoms with E-state index in [1.165, 1.54) is 4.88 Å². The molecule has 86 valence electrons. The van der Waals surface area contributed by atoms with Crippen LogP contribution in [0.25, 0.3) is 0 Å². The SMILES string of the molecule is Cc1ccc(C(C)(O)C2(C#N)CCCC2)s1. The van der Waals surface area contributed by atoms with Crippen LogP contribution in [0, 0.1) is 23.7 Å². The van der Waals surface area contributed by atoms with Gasteiger partial charge in [-0.3, -0.25) is 0 Å². The summed E-state index contributed by atoms with van der Waals surface area (Å²) in [6.45, 7) is 3.82. The van der Waals surface area contributed by atoms with Crippen LogP contribution in [-0.4, -0.2) is 5.11 Å². The third-order valence-corrected chi connectivity index (χ3v) is 5.03. The number of aliphatic hydroxyl groups is 1. The maximum atomic E-state index is 10.7. The molecule has 3 heteroatoms. The summed E-state index contributed by atoms with van der Waals surface area (Å²) in [4.78, 5) is 2.11. The summed E-state index contributed by atoms with van der Waals surface area (Å²) in [5.74, 6) is 0. The van der Waals surface area contributed by atoms with Crippen molar-refractivity contribution >= 4 is 11.3 Å². The summed E-state index contributed by atoms with van der Waals surface area (Å²) in [7, 11) is 0. The molecule has 2 rings (SSSR count). The molecular formula is C13H17NOS. The lowest BCUT2D eigenvalue weighted by atomic mass is 9.71. The fourth-order valence-corrected chi connectivity index (χ4v) is 3.63. The zero-order valence-corrected chi connectivity index (χ0v) is 10.6. The molecule has 0 spiro atoms. The van der Waals surface area contributed by atoms with E-state index in [1.54, 1.807) is 18.3 Å². The van der Waals surface area contributed by atoms with Gasteiger partial charge in [0.1, 0.15) is 5.60 Å². The van der Waals surface area contributed by atoms with Crippen LogP contribution in [0.2, 0.25) is 0 Å². The zero-order valence-electron chi connectivity index (χ0n) is 9.79. The van der Waals surface area contributed by atoms with Crippen molar-refractivity contribution in [2.45, 2.75) is 45.1 Å². The van der Waals surface area contributed by atoms with Crippen molar-refractivity contribution in [1.29, 1.82) is 5.26 Å². The molecule has 0 radical (unpaired) electrons. The first-order valence-electron chi connectivity index (χ1n) is 5.72. The van der Waals surface area contributed by atoms with Gasteiger partial charge in [0.05, 0.1) is 11.5 Å². The molecule has 1 fully saturated rings. The molecule has 1 aromatic heterocycles. The number of thiophene rings is 1. The molecule has 1 saturated carbocycles. The normalized spacial score (nSPS) is 22.6. The molecule has 0 bridgehead atoms. The third-order valence-electron chi connectivity index (χ3n) is 3.82. The van der Waals surface area contributed by atoms with Crippen molar-refractivity contribution in [3.05, 3.63) is 21.9 Å². The lowest BCUT2D eigenvalue weighted by Gasteiger charge is -2.36. The minimum atomic E-state index is -1.00. The Labute approximate surface area is 101 Å².